The molecule has 2 aromatic heterocycles. The predicted molar refractivity (Wildman–Crippen MR) is 65.8 cm³/mol. The van der Waals surface area contributed by atoms with Crippen molar-refractivity contribution in [3.63, 3.8) is 0 Å². The summed E-state index contributed by atoms with van der Waals surface area (Å²) in [5.74, 6) is 0.879. The van der Waals surface area contributed by atoms with Crippen molar-refractivity contribution in [2.45, 2.75) is 0 Å². The van der Waals surface area contributed by atoms with Gasteiger partial charge in [0.05, 0.1) is 11.9 Å². The number of benzene rings is 1. The zero-order chi connectivity index (χ0) is 11.7. The van der Waals surface area contributed by atoms with Gasteiger partial charge in [0.2, 0.25) is 0 Å². The van der Waals surface area contributed by atoms with Gasteiger partial charge in [-0.1, -0.05) is 30.3 Å². The lowest BCUT2D eigenvalue weighted by atomic mass is 10.2. The molecule has 0 radical (unpaired) electrons. The molecule has 0 atom stereocenters. The van der Waals surface area contributed by atoms with Crippen LogP contribution in [0.1, 0.15) is 0 Å². The van der Waals surface area contributed by atoms with Crippen molar-refractivity contribution in [1.82, 2.24) is 19.3 Å². The zero-order valence-electron chi connectivity index (χ0n) is 9.49. The fraction of sp³-hybridized carbons (Fsp3) is 0.0769. The van der Waals surface area contributed by atoms with Crippen molar-refractivity contribution in [2.24, 2.45) is 7.05 Å². The van der Waals surface area contributed by atoms with Crippen LogP contribution in [0.5, 0.6) is 0 Å². The molecule has 0 saturated heterocycles. The third-order valence-electron chi connectivity index (χ3n) is 2.65. The molecule has 0 aliphatic rings. The molecule has 2 heterocycles. The molecule has 17 heavy (non-hydrogen) atoms. The first kappa shape index (κ1) is 9.84. The molecule has 0 saturated carbocycles. The van der Waals surface area contributed by atoms with Gasteiger partial charge in [0.25, 0.3) is 0 Å². The normalized spacial score (nSPS) is 10.6. The van der Waals surface area contributed by atoms with Crippen molar-refractivity contribution in [3.05, 3.63) is 55.1 Å². The largest absolute Gasteiger partial charge is 0.281 e. The average Bonchev–Trinajstić information content (AvgIpc) is 2.98. The van der Waals surface area contributed by atoms with E-state index >= 15 is 0 Å². The highest BCUT2D eigenvalue weighted by molar-refractivity contribution is 5.60. The summed E-state index contributed by atoms with van der Waals surface area (Å²) in [7, 11) is 1.91. The zero-order valence-corrected chi connectivity index (χ0v) is 9.49. The van der Waals surface area contributed by atoms with Crippen LogP contribution in [0.4, 0.5) is 0 Å². The van der Waals surface area contributed by atoms with Crippen molar-refractivity contribution in [3.8, 4) is 17.1 Å². The van der Waals surface area contributed by atoms with Gasteiger partial charge >= 0.3 is 0 Å². The van der Waals surface area contributed by atoms with Gasteiger partial charge in [-0.05, 0) is 0 Å². The average molecular weight is 224 g/mol. The second-order valence-corrected chi connectivity index (χ2v) is 3.86. The first-order valence-electron chi connectivity index (χ1n) is 5.42. The molecule has 4 heteroatoms. The Morgan fingerprint density at radius 3 is 2.59 bits per heavy atom. The molecule has 0 spiro atoms. The predicted octanol–water partition coefficient (Wildman–Crippen LogP) is 2.27. The van der Waals surface area contributed by atoms with Crippen molar-refractivity contribution in [2.75, 3.05) is 0 Å². The Bertz CT molecular complexity index is 622. The van der Waals surface area contributed by atoms with Crippen LogP contribution in [0.25, 0.3) is 17.1 Å². The van der Waals surface area contributed by atoms with E-state index in [0.717, 1.165) is 17.1 Å². The van der Waals surface area contributed by atoms with Gasteiger partial charge in [0.15, 0.2) is 5.82 Å². The molecular weight excluding hydrogens is 212 g/mol. The Hall–Kier alpha value is -2.36. The standard InChI is InChI=1S/C13H12N4/c1-16-8-7-13(15-16)17-10-14-9-12(17)11-5-3-2-4-6-11/h2-10H,1H3. The first-order chi connectivity index (χ1) is 8.34. The van der Waals surface area contributed by atoms with Gasteiger partial charge in [-0.3, -0.25) is 9.25 Å². The molecule has 0 bridgehead atoms. The molecule has 3 aromatic rings. The van der Waals surface area contributed by atoms with Gasteiger partial charge in [-0.2, -0.15) is 5.10 Å². The van der Waals surface area contributed by atoms with Crippen LogP contribution < -0.4 is 0 Å². The van der Waals surface area contributed by atoms with Gasteiger partial charge in [-0.15, -0.1) is 0 Å². The maximum Gasteiger partial charge on any atom is 0.160 e. The lowest BCUT2D eigenvalue weighted by Gasteiger charge is -2.04. The second kappa shape index (κ2) is 3.90. The minimum absolute atomic E-state index is 0.879. The number of nitrogens with zero attached hydrogens (tertiary/aromatic N) is 4. The molecule has 84 valence electrons. The summed E-state index contributed by atoms with van der Waals surface area (Å²) in [4.78, 5) is 4.20. The lowest BCUT2D eigenvalue weighted by Crippen LogP contribution is -1.97. The third-order valence-corrected chi connectivity index (χ3v) is 2.65. The molecule has 0 amide bonds. The maximum absolute atomic E-state index is 4.38. The fourth-order valence-electron chi connectivity index (χ4n) is 1.83. The summed E-state index contributed by atoms with van der Waals surface area (Å²) in [6.07, 6.45) is 5.55. The molecule has 4 nitrogen and oxygen atoms in total. The second-order valence-electron chi connectivity index (χ2n) is 3.86. The summed E-state index contributed by atoms with van der Waals surface area (Å²) in [6, 6.07) is 12.1. The van der Waals surface area contributed by atoms with Crippen molar-refractivity contribution < 1.29 is 0 Å². The van der Waals surface area contributed by atoms with Crippen LogP contribution in [0.3, 0.4) is 0 Å². The van der Waals surface area contributed by atoms with E-state index < -0.39 is 0 Å². The van der Waals surface area contributed by atoms with E-state index in [1.807, 2.05) is 48.3 Å². The van der Waals surface area contributed by atoms with E-state index in [1.165, 1.54) is 0 Å². The highest BCUT2D eigenvalue weighted by Crippen LogP contribution is 2.21. The summed E-state index contributed by atoms with van der Waals surface area (Å²) >= 11 is 0. The third kappa shape index (κ3) is 1.73. The van der Waals surface area contributed by atoms with Crippen molar-refractivity contribution in [1.29, 1.82) is 0 Å². The fourth-order valence-corrected chi connectivity index (χ4v) is 1.83. The van der Waals surface area contributed by atoms with Gasteiger partial charge in [-0.25, -0.2) is 4.98 Å². The van der Waals surface area contributed by atoms with Crippen LogP contribution in [0.2, 0.25) is 0 Å². The number of rotatable bonds is 2. The summed E-state index contributed by atoms with van der Waals surface area (Å²) in [5.41, 5.74) is 2.18. The smallest absolute Gasteiger partial charge is 0.160 e. The number of hydrogen-bond acceptors (Lipinski definition) is 2. The maximum atomic E-state index is 4.38. The number of imidazole rings is 1. The quantitative estimate of drug-likeness (QED) is 0.669. The highest BCUT2D eigenvalue weighted by atomic mass is 15.3. The minimum atomic E-state index is 0.879. The Labute approximate surface area is 99.2 Å². The molecule has 1 aromatic carbocycles. The molecule has 0 fully saturated rings. The van der Waals surface area contributed by atoms with E-state index in [-0.39, 0.29) is 0 Å². The first-order valence-corrected chi connectivity index (χ1v) is 5.42. The van der Waals surface area contributed by atoms with E-state index in [1.54, 1.807) is 11.0 Å². The summed E-state index contributed by atoms with van der Waals surface area (Å²) in [5, 5.41) is 4.38. The molecule has 0 N–H and O–H groups in total. The Morgan fingerprint density at radius 1 is 1.06 bits per heavy atom. The molecule has 3 rings (SSSR count). The van der Waals surface area contributed by atoms with E-state index in [0.29, 0.717) is 0 Å². The van der Waals surface area contributed by atoms with Crippen LogP contribution in [-0.4, -0.2) is 19.3 Å². The highest BCUT2D eigenvalue weighted by Gasteiger charge is 2.07. The topological polar surface area (TPSA) is 35.6 Å². The van der Waals surface area contributed by atoms with E-state index in [9.17, 15) is 0 Å². The van der Waals surface area contributed by atoms with Crippen LogP contribution >= 0.6 is 0 Å². The lowest BCUT2D eigenvalue weighted by molar-refractivity contribution is 0.752. The summed E-state index contributed by atoms with van der Waals surface area (Å²) < 4.78 is 3.76. The van der Waals surface area contributed by atoms with Gasteiger partial charge < -0.3 is 0 Å². The SMILES string of the molecule is Cn1ccc(-n2cncc2-c2ccccc2)n1. The van der Waals surface area contributed by atoms with E-state index in [4.69, 9.17) is 0 Å². The monoisotopic (exact) mass is 224 g/mol. The van der Waals surface area contributed by atoms with Crippen LogP contribution in [0, 0.1) is 0 Å². The van der Waals surface area contributed by atoms with E-state index in [2.05, 4.69) is 22.2 Å². The Balaban J connectivity index is 2.12. The number of aryl methyl sites for hydroxylation is 1. The molecule has 0 unspecified atom stereocenters. The number of aromatic nitrogens is 4. The van der Waals surface area contributed by atoms with Crippen molar-refractivity contribution >= 4 is 0 Å². The van der Waals surface area contributed by atoms with Gasteiger partial charge in [0.1, 0.15) is 6.33 Å². The number of hydrogen-bond donors (Lipinski definition) is 0. The Kier molecular flexibility index (Phi) is 2.26. The molecule has 0 aliphatic carbocycles. The van der Waals surface area contributed by atoms with Gasteiger partial charge in [0, 0.05) is 24.9 Å². The van der Waals surface area contributed by atoms with Crippen LogP contribution in [0.15, 0.2) is 55.1 Å². The molecule has 0 aliphatic heterocycles. The minimum Gasteiger partial charge on any atom is -0.281 e. The Morgan fingerprint density at radius 2 is 1.88 bits per heavy atom. The van der Waals surface area contributed by atoms with Crippen LogP contribution in [-0.2, 0) is 7.05 Å². The summed E-state index contributed by atoms with van der Waals surface area (Å²) in [6.45, 7) is 0. The molecular formula is C13H12N4.